The van der Waals surface area contributed by atoms with Crippen molar-refractivity contribution in [2.24, 2.45) is 0 Å². The minimum atomic E-state index is -0.125. The van der Waals surface area contributed by atoms with Crippen molar-refractivity contribution in [1.82, 2.24) is 15.1 Å². The Morgan fingerprint density at radius 3 is 2.89 bits per heavy atom. The van der Waals surface area contributed by atoms with Crippen LogP contribution >= 0.6 is 0 Å². The number of carbonyl (C=O) groups is 1. The summed E-state index contributed by atoms with van der Waals surface area (Å²) in [5.41, 5.74) is 5.31. The Balaban J connectivity index is 1.34. The van der Waals surface area contributed by atoms with Gasteiger partial charge in [0.2, 0.25) is 5.91 Å². The first-order valence-electron chi connectivity index (χ1n) is 10.3. The number of hydrogen-bond donors (Lipinski definition) is 1. The number of hydrogen-bond acceptors (Lipinski definition) is 5. The summed E-state index contributed by atoms with van der Waals surface area (Å²) < 4.78 is 5.54. The average molecular weight is 380 g/mol. The second kappa shape index (κ2) is 9.26. The fraction of sp³-hybridized carbons (Fsp3) is 0.500. The topological polar surface area (TPSA) is 67.3 Å². The van der Waals surface area contributed by atoms with Gasteiger partial charge in [0.05, 0.1) is 18.5 Å². The quantitative estimate of drug-likeness (QED) is 0.748. The molecule has 1 fully saturated rings. The van der Waals surface area contributed by atoms with E-state index in [4.69, 9.17) is 4.74 Å². The molecule has 4 rings (SSSR count). The van der Waals surface area contributed by atoms with Crippen LogP contribution in [0.3, 0.4) is 0 Å². The van der Waals surface area contributed by atoms with Crippen LogP contribution in [0.5, 0.6) is 0 Å². The van der Waals surface area contributed by atoms with E-state index in [9.17, 15) is 4.79 Å². The molecular formula is C22H28N4O2. The Labute approximate surface area is 166 Å². The molecule has 1 aromatic heterocycles. The van der Waals surface area contributed by atoms with E-state index in [0.717, 1.165) is 49.4 Å². The van der Waals surface area contributed by atoms with Gasteiger partial charge in [0.25, 0.3) is 0 Å². The molecule has 0 radical (unpaired) electrons. The van der Waals surface area contributed by atoms with Gasteiger partial charge in [-0.25, -0.2) is 0 Å². The number of fused-ring (bicyclic) bond motifs is 1. The number of nitrogens with zero attached hydrogens (tertiary/aromatic N) is 3. The first-order valence-corrected chi connectivity index (χ1v) is 10.3. The van der Waals surface area contributed by atoms with Crippen LogP contribution in [0.2, 0.25) is 0 Å². The van der Waals surface area contributed by atoms with Crippen molar-refractivity contribution < 1.29 is 9.53 Å². The van der Waals surface area contributed by atoms with E-state index in [1.807, 2.05) is 30.5 Å². The molecule has 0 bridgehead atoms. The molecule has 28 heavy (non-hydrogen) atoms. The molecule has 2 aliphatic rings. The fourth-order valence-corrected chi connectivity index (χ4v) is 4.10. The third-order valence-corrected chi connectivity index (χ3v) is 5.57. The van der Waals surface area contributed by atoms with Crippen LogP contribution in [0.15, 0.2) is 30.5 Å². The number of rotatable bonds is 7. The molecule has 6 nitrogen and oxygen atoms in total. The Bertz CT molecular complexity index is 818. The molecule has 1 amide bonds. The molecule has 2 aromatic rings. The van der Waals surface area contributed by atoms with Crippen LogP contribution in [0.1, 0.15) is 36.8 Å². The first-order chi connectivity index (χ1) is 13.8. The second-order valence-corrected chi connectivity index (χ2v) is 7.63. The Morgan fingerprint density at radius 2 is 2.00 bits per heavy atom. The van der Waals surface area contributed by atoms with Crippen LogP contribution in [0, 0.1) is 0 Å². The van der Waals surface area contributed by atoms with Gasteiger partial charge in [-0.3, -0.25) is 4.79 Å². The number of aryl methyl sites for hydroxylation is 1. The monoisotopic (exact) mass is 380 g/mol. The summed E-state index contributed by atoms with van der Waals surface area (Å²) in [5.74, 6) is -0.125. The predicted octanol–water partition coefficient (Wildman–Crippen LogP) is 3.07. The summed E-state index contributed by atoms with van der Waals surface area (Å²) in [5, 5.41) is 11.5. The van der Waals surface area contributed by atoms with E-state index < -0.39 is 0 Å². The highest BCUT2D eigenvalue weighted by atomic mass is 16.5. The lowest BCUT2D eigenvalue weighted by atomic mass is 9.90. The van der Waals surface area contributed by atoms with Crippen molar-refractivity contribution in [1.29, 1.82) is 0 Å². The Hall–Kier alpha value is -2.31. The lowest BCUT2D eigenvalue weighted by molar-refractivity contribution is -0.120. The van der Waals surface area contributed by atoms with Gasteiger partial charge >= 0.3 is 0 Å². The molecule has 2 heterocycles. The van der Waals surface area contributed by atoms with Crippen molar-refractivity contribution >= 4 is 11.6 Å². The third-order valence-electron chi connectivity index (χ3n) is 5.57. The molecule has 0 unspecified atom stereocenters. The fourth-order valence-electron chi connectivity index (χ4n) is 4.10. The van der Waals surface area contributed by atoms with E-state index in [1.165, 1.54) is 36.8 Å². The second-order valence-electron chi connectivity index (χ2n) is 7.63. The first kappa shape index (κ1) is 19.0. The Morgan fingerprint density at radius 1 is 1.14 bits per heavy atom. The summed E-state index contributed by atoms with van der Waals surface area (Å²) in [6, 6.07) is 7.85. The van der Waals surface area contributed by atoms with Crippen molar-refractivity contribution in [3.63, 3.8) is 0 Å². The standard InChI is InChI=1S/C22H28N4O2/c27-21(16-28-13-12-26-10-3-4-11-26)24-19-8-5-7-17(14-19)22-20-9-2-1-6-18(20)15-23-25-22/h5,7-8,14-15H,1-4,6,9-13,16H2,(H,24,27). The van der Waals surface area contributed by atoms with Gasteiger partial charge in [-0.05, 0) is 74.9 Å². The summed E-state index contributed by atoms with van der Waals surface area (Å²) in [6.07, 6.45) is 8.95. The number of anilines is 1. The highest BCUT2D eigenvalue weighted by molar-refractivity contribution is 5.92. The van der Waals surface area contributed by atoms with Gasteiger partial charge < -0.3 is 15.0 Å². The van der Waals surface area contributed by atoms with E-state index >= 15 is 0 Å². The highest BCUT2D eigenvalue weighted by Gasteiger charge is 2.16. The molecular weight excluding hydrogens is 352 g/mol. The van der Waals surface area contributed by atoms with Gasteiger partial charge in [0.1, 0.15) is 6.61 Å². The maximum absolute atomic E-state index is 12.2. The molecule has 148 valence electrons. The smallest absolute Gasteiger partial charge is 0.250 e. The van der Waals surface area contributed by atoms with Crippen LogP contribution in [0.4, 0.5) is 5.69 Å². The Kier molecular flexibility index (Phi) is 6.29. The summed E-state index contributed by atoms with van der Waals surface area (Å²) in [7, 11) is 0. The highest BCUT2D eigenvalue weighted by Crippen LogP contribution is 2.30. The number of benzene rings is 1. The lowest BCUT2D eigenvalue weighted by Gasteiger charge is -2.18. The number of ether oxygens (including phenoxy) is 1. The summed E-state index contributed by atoms with van der Waals surface area (Å²) in [6.45, 7) is 3.88. The van der Waals surface area contributed by atoms with Crippen molar-refractivity contribution in [3.05, 3.63) is 41.6 Å². The number of carbonyl (C=O) groups excluding carboxylic acids is 1. The van der Waals surface area contributed by atoms with Crippen molar-refractivity contribution in [3.8, 4) is 11.3 Å². The van der Waals surface area contributed by atoms with Crippen LogP contribution < -0.4 is 5.32 Å². The molecule has 1 saturated heterocycles. The average Bonchev–Trinajstić information content (AvgIpc) is 3.24. The maximum Gasteiger partial charge on any atom is 0.250 e. The molecule has 0 spiro atoms. The molecule has 6 heteroatoms. The van der Waals surface area contributed by atoms with Gasteiger partial charge in [-0.1, -0.05) is 12.1 Å². The zero-order chi connectivity index (χ0) is 19.2. The van der Waals surface area contributed by atoms with E-state index in [0.29, 0.717) is 6.61 Å². The van der Waals surface area contributed by atoms with Crippen LogP contribution in [-0.4, -0.2) is 53.9 Å². The van der Waals surface area contributed by atoms with E-state index in [-0.39, 0.29) is 12.5 Å². The largest absolute Gasteiger partial charge is 0.370 e. The lowest BCUT2D eigenvalue weighted by Crippen LogP contribution is -2.26. The van der Waals surface area contributed by atoms with Gasteiger partial charge in [-0.15, -0.1) is 0 Å². The molecule has 1 aliphatic heterocycles. The number of amides is 1. The van der Waals surface area contributed by atoms with Crippen molar-refractivity contribution in [2.75, 3.05) is 38.2 Å². The van der Waals surface area contributed by atoms with Crippen LogP contribution in [-0.2, 0) is 22.4 Å². The molecule has 1 N–H and O–H groups in total. The summed E-state index contributed by atoms with van der Waals surface area (Å²) in [4.78, 5) is 14.6. The number of likely N-dealkylation sites (tertiary alicyclic amines) is 1. The van der Waals surface area contributed by atoms with Crippen molar-refractivity contribution in [2.45, 2.75) is 38.5 Å². The number of aromatic nitrogens is 2. The SMILES string of the molecule is O=C(COCCN1CCCC1)Nc1cccc(-c2nncc3c2CCCC3)c1. The van der Waals surface area contributed by atoms with Gasteiger partial charge in [0.15, 0.2) is 0 Å². The van der Waals surface area contributed by atoms with E-state index in [2.05, 4.69) is 20.4 Å². The minimum Gasteiger partial charge on any atom is -0.370 e. The number of nitrogens with one attached hydrogen (secondary N) is 1. The zero-order valence-corrected chi connectivity index (χ0v) is 16.3. The van der Waals surface area contributed by atoms with E-state index in [1.54, 1.807) is 0 Å². The molecule has 1 aromatic carbocycles. The van der Waals surface area contributed by atoms with Gasteiger partial charge in [-0.2, -0.15) is 10.2 Å². The van der Waals surface area contributed by atoms with Gasteiger partial charge in [0, 0.05) is 17.8 Å². The third kappa shape index (κ3) is 4.75. The predicted molar refractivity (Wildman–Crippen MR) is 109 cm³/mol. The van der Waals surface area contributed by atoms with Crippen LogP contribution in [0.25, 0.3) is 11.3 Å². The molecule has 0 atom stereocenters. The minimum absolute atomic E-state index is 0.0820. The normalized spacial score (nSPS) is 16.7. The molecule has 1 aliphatic carbocycles. The molecule has 0 saturated carbocycles. The summed E-state index contributed by atoms with van der Waals surface area (Å²) >= 11 is 0. The maximum atomic E-state index is 12.2. The zero-order valence-electron chi connectivity index (χ0n) is 16.3.